The van der Waals surface area contributed by atoms with Crippen LogP contribution in [0.3, 0.4) is 0 Å². The molecule has 0 aliphatic carbocycles. The molecule has 0 atom stereocenters. The van der Waals surface area contributed by atoms with Gasteiger partial charge in [-0.3, -0.25) is 0 Å². The molecule has 0 aliphatic heterocycles. The number of benzene rings is 1. The highest BCUT2D eigenvalue weighted by Gasteiger charge is 2.15. The first-order valence-corrected chi connectivity index (χ1v) is 8.26. The first kappa shape index (κ1) is 16.1. The van der Waals surface area contributed by atoms with Crippen molar-refractivity contribution >= 4 is 11.3 Å². The smallest absolute Gasteiger partial charge is 0.119 e. The van der Waals surface area contributed by atoms with E-state index in [1.54, 1.807) is 0 Å². The van der Waals surface area contributed by atoms with E-state index in [1.165, 1.54) is 15.3 Å². The third-order valence-corrected chi connectivity index (χ3v) is 4.75. The van der Waals surface area contributed by atoms with Crippen LogP contribution in [-0.2, 0) is 12.0 Å². The maximum Gasteiger partial charge on any atom is 0.119 e. The van der Waals surface area contributed by atoms with Gasteiger partial charge in [-0.1, -0.05) is 32.9 Å². The minimum absolute atomic E-state index is 0.247. The van der Waals surface area contributed by atoms with Gasteiger partial charge >= 0.3 is 0 Å². The Morgan fingerprint density at radius 2 is 1.95 bits per heavy atom. The monoisotopic (exact) mass is 303 g/mol. The van der Waals surface area contributed by atoms with Gasteiger partial charge in [0.05, 0.1) is 0 Å². The summed E-state index contributed by atoms with van der Waals surface area (Å²) in [6.07, 6.45) is 0. The number of nitrogens with one attached hydrogen (secondary N) is 1. The zero-order valence-electron chi connectivity index (χ0n) is 13.4. The highest BCUT2D eigenvalue weighted by molar-refractivity contribution is 7.12. The van der Waals surface area contributed by atoms with Gasteiger partial charge in [-0.15, -0.1) is 11.3 Å². The zero-order valence-corrected chi connectivity index (χ0v) is 14.2. The van der Waals surface area contributed by atoms with Gasteiger partial charge in [0, 0.05) is 22.8 Å². The maximum atomic E-state index is 5.73. The van der Waals surface area contributed by atoms with Crippen LogP contribution in [0, 0.1) is 6.92 Å². The molecule has 0 saturated heterocycles. The van der Waals surface area contributed by atoms with Crippen molar-refractivity contribution in [1.82, 2.24) is 5.32 Å². The molecule has 0 unspecified atom stereocenters. The van der Waals surface area contributed by atoms with E-state index in [0.29, 0.717) is 6.61 Å². The third kappa shape index (κ3) is 5.18. The van der Waals surface area contributed by atoms with Crippen LogP contribution in [0.1, 0.15) is 36.1 Å². The highest BCUT2D eigenvalue weighted by atomic mass is 32.1. The molecule has 0 fully saturated rings. The van der Waals surface area contributed by atoms with Crippen LogP contribution in [-0.4, -0.2) is 13.2 Å². The van der Waals surface area contributed by atoms with Crippen LogP contribution in [0.5, 0.6) is 5.75 Å². The van der Waals surface area contributed by atoms with Crippen LogP contribution in [0.4, 0.5) is 0 Å². The molecule has 2 rings (SSSR count). The predicted molar refractivity (Wildman–Crippen MR) is 91.4 cm³/mol. The Morgan fingerprint density at radius 3 is 2.62 bits per heavy atom. The van der Waals surface area contributed by atoms with E-state index in [2.05, 4.69) is 57.3 Å². The number of aryl methyl sites for hydroxylation is 1. The van der Waals surface area contributed by atoms with Crippen molar-refractivity contribution in [1.29, 1.82) is 0 Å². The number of hydrogen-bond acceptors (Lipinski definition) is 3. The summed E-state index contributed by atoms with van der Waals surface area (Å²) in [5.74, 6) is 0.947. The summed E-state index contributed by atoms with van der Waals surface area (Å²) >= 11 is 1.89. The molecule has 21 heavy (non-hydrogen) atoms. The second-order valence-electron chi connectivity index (χ2n) is 6.36. The normalized spacial score (nSPS) is 11.6. The fourth-order valence-electron chi connectivity index (χ4n) is 2.03. The molecule has 114 valence electrons. The van der Waals surface area contributed by atoms with Crippen molar-refractivity contribution in [2.24, 2.45) is 0 Å². The Balaban J connectivity index is 1.69. The Morgan fingerprint density at radius 1 is 1.14 bits per heavy atom. The summed E-state index contributed by atoms with van der Waals surface area (Å²) in [5.41, 5.74) is 1.48. The largest absolute Gasteiger partial charge is 0.492 e. The van der Waals surface area contributed by atoms with Crippen molar-refractivity contribution in [3.63, 3.8) is 0 Å². The van der Waals surface area contributed by atoms with Gasteiger partial charge in [-0.05, 0) is 42.2 Å². The first-order valence-electron chi connectivity index (χ1n) is 7.44. The summed E-state index contributed by atoms with van der Waals surface area (Å²) in [5, 5.41) is 3.44. The Labute approximate surface area is 132 Å². The molecule has 0 saturated carbocycles. The molecular weight excluding hydrogens is 278 g/mol. The lowest BCUT2D eigenvalue weighted by Crippen LogP contribution is -2.20. The zero-order chi connectivity index (χ0) is 15.3. The van der Waals surface area contributed by atoms with Gasteiger partial charge in [-0.2, -0.15) is 0 Å². The maximum absolute atomic E-state index is 5.73. The highest BCUT2D eigenvalue weighted by Crippen LogP contribution is 2.29. The molecule has 0 aliphatic rings. The summed E-state index contributed by atoms with van der Waals surface area (Å²) in [6.45, 7) is 11.3. The molecule has 1 N–H and O–H groups in total. The molecule has 2 nitrogen and oxygen atoms in total. The summed E-state index contributed by atoms with van der Waals surface area (Å²) < 4.78 is 5.73. The van der Waals surface area contributed by atoms with Crippen LogP contribution in [0.15, 0.2) is 36.4 Å². The number of hydrogen-bond donors (Lipinski definition) is 1. The molecule has 0 radical (unpaired) electrons. The van der Waals surface area contributed by atoms with Crippen LogP contribution >= 0.6 is 11.3 Å². The molecule has 1 aromatic heterocycles. The van der Waals surface area contributed by atoms with Crippen LogP contribution in [0.25, 0.3) is 0 Å². The van der Waals surface area contributed by atoms with Crippen molar-refractivity contribution in [3.05, 3.63) is 51.7 Å². The lowest BCUT2D eigenvalue weighted by atomic mass is 9.95. The van der Waals surface area contributed by atoms with Gasteiger partial charge in [-0.25, -0.2) is 0 Å². The Kier molecular flexibility index (Phi) is 5.43. The van der Waals surface area contributed by atoms with Gasteiger partial charge in [0.1, 0.15) is 12.4 Å². The average Bonchev–Trinajstić information content (AvgIpc) is 2.87. The topological polar surface area (TPSA) is 21.3 Å². The second-order valence-corrected chi connectivity index (χ2v) is 7.53. The van der Waals surface area contributed by atoms with Crippen molar-refractivity contribution < 1.29 is 4.74 Å². The second kappa shape index (κ2) is 7.10. The standard InChI is InChI=1S/C18H25NOS/c1-14-6-5-7-15(12-14)20-11-10-19-13-16-8-9-17(21-16)18(2,3)4/h5-9,12,19H,10-11,13H2,1-4H3. The van der Waals surface area contributed by atoms with Gasteiger partial charge in [0.25, 0.3) is 0 Å². The van der Waals surface area contributed by atoms with E-state index in [-0.39, 0.29) is 5.41 Å². The van der Waals surface area contributed by atoms with Gasteiger partial charge < -0.3 is 10.1 Å². The minimum Gasteiger partial charge on any atom is -0.492 e. The van der Waals surface area contributed by atoms with E-state index in [1.807, 2.05) is 23.5 Å². The molecule has 3 heteroatoms. The van der Waals surface area contributed by atoms with Crippen molar-refractivity contribution in [2.45, 2.75) is 39.7 Å². The van der Waals surface area contributed by atoms with E-state index in [4.69, 9.17) is 4.74 Å². The lowest BCUT2D eigenvalue weighted by molar-refractivity contribution is 0.313. The molecule has 1 heterocycles. The van der Waals surface area contributed by atoms with E-state index >= 15 is 0 Å². The Hall–Kier alpha value is -1.32. The van der Waals surface area contributed by atoms with Crippen molar-refractivity contribution in [2.75, 3.05) is 13.2 Å². The lowest BCUT2D eigenvalue weighted by Gasteiger charge is -2.15. The third-order valence-electron chi connectivity index (χ3n) is 3.24. The average molecular weight is 303 g/mol. The molecule has 2 aromatic rings. The van der Waals surface area contributed by atoms with Crippen molar-refractivity contribution in [3.8, 4) is 5.75 Å². The SMILES string of the molecule is Cc1cccc(OCCNCc2ccc(C(C)(C)C)s2)c1. The summed E-state index contributed by atoms with van der Waals surface area (Å²) in [7, 11) is 0. The van der Waals surface area contributed by atoms with E-state index < -0.39 is 0 Å². The molecule has 1 aromatic carbocycles. The molecule has 0 bridgehead atoms. The molecule has 0 spiro atoms. The number of rotatable bonds is 6. The fourth-order valence-corrected chi connectivity index (χ4v) is 3.07. The summed E-state index contributed by atoms with van der Waals surface area (Å²) in [4.78, 5) is 2.82. The Bertz CT molecular complexity index is 569. The van der Waals surface area contributed by atoms with Gasteiger partial charge in [0.2, 0.25) is 0 Å². The summed E-state index contributed by atoms with van der Waals surface area (Å²) in [6, 6.07) is 12.6. The quantitative estimate of drug-likeness (QED) is 0.792. The first-order chi connectivity index (χ1) is 9.95. The fraction of sp³-hybridized carbons (Fsp3) is 0.444. The minimum atomic E-state index is 0.247. The number of ether oxygens (including phenoxy) is 1. The molecular formula is C18H25NOS. The van der Waals surface area contributed by atoms with E-state index in [0.717, 1.165) is 18.8 Å². The molecule has 0 amide bonds. The predicted octanol–water partition coefficient (Wildman–Crippen LogP) is 4.52. The van der Waals surface area contributed by atoms with Crippen LogP contribution in [0.2, 0.25) is 0 Å². The van der Waals surface area contributed by atoms with Crippen LogP contribution < -0.4 is 10.1 Å². The van der Waals surface area contributed by atoms with E-state index in [9.17, 15) is 0 Å². The van der Waals surface area contributed by atoms with Gasteiger partial charge in [0.15, 0.2) is 0 Å². The number of thiophene rings is 1.